The number of anilines is 2. The largest absolute Gasteiger partial charge is 0.312 e. The summed E-state index contributed by atoms with van der Waals surface area (Å²) < 4.78 is 26.7. The molecular weight excluding hydrogens is 324 g/mol. The van der Waals surface area contributed by atoms with Gasteiger partial charge in [0.2, 0.25) is 5.91 Å². The summed E-state index contributed by atoms with van der Waals surface area (Å²) in [5.41, 5.74) is 1.36. The molecule has 0 aromatic heterocycles. The lowest BCUT2D eigenvalue weighted by atomic mass is 10.1. The summed E-state index contributed by atoms with van der Waals surface area (Å²) in [6, 6.07) is 15.5. The normalized spacial score (nSPS) is 15.4. The van der Waals surface area contributed by atoms with Crippen molar-refractivity contribution in [1.29, 1.82) is 0 Å². The molecule has 2 aromatic carbocycles. The highest BCUT2D eigenvalue weighted by molar-refractivity contribution is 7.92. The summed E-state index contributed by atoms with van der Waals surface area (Å²) in [6.45, 7) is 0.689. The molecule has 126 valence electrons. The van der Waals surface area contributed by atoms with Crippen LogP contribution in [-0.4, -0.2) is 27.9 Å². The van der Waals surface area contributed by atoms with Crippen LogP contribution in [0.3, 0.4) is 0 Å². The van der Waals surface area contributed by atoms with Crippen LogP contribution in [0.5, 0.6) is 0 Å². The number of piperidine rings is 1. The van der Waals surface area contributed by atoms with E-state index >= 15 is 0 Å². The second kappa shape index (κ2) is 6.65. The summed E-state index contributed by atoms with van der Waals surface area (Å²) >= 11 is 0. The van der Waals surface area contributed by atoms with E-state index in [4.69, 9.17) is 0 Å². The highest BCUT2D eigenvalue weighted by atomic mass is 32.2. The van der Waals surface area contributed by atoms with E-state index in [1.54, 1.807) is 53.4 Å². The van der Waals surface area contributed by atoms with Crippen LogP contribution in [0.25, 0.3) is 0 Å². The van der Waals surface area contributed by atoms with Gasteiger partial charge in [-0.3, -0.25) is 9.10 Å². The Hall–Kier alpha value is -2.34. The van der Waals surface area contributed by atoms with E-state index in [0.717, 1.165) is 18.5 Å². The average molecular weight is 344 g/mol. The van der Waals surface area contributed by atoms with Crippen molar-refractivity contribution in [2.24, 2.45) is 0 Å². The number of carbonyl (C=O) groups is 1. The van der Waals surface area contributed by atoms with Crippen LogP contribution in [0.4, 0.5) is 11.4 Å². The van der Waals surface area contributed by atoms with E-state index < -0.39 is 10.0 Å². The van der Waals surface area contributed by atoms with Crippen molar-refractivity contribution in [2.75, 3.05) is 22.8 Å². The summed E-state index contributed by atoms with van der Waals surface area (Å²) in [7, 11) is -2.09. The third-order valence-electron chi connectivity index (χ3n) is 4.25. The van der Waals surface area contributed by atoms with Gasteiger partial charge in [-0.05, 0) is 49.2 Å². The van der Waals surface area contributed by atoms with Crippen molar-refractivity contribution in [3.63, 3.8) is 0 Å². The predicted molar refractivity (Wildman–Crippen MR) is 94.7 cm³/mol. The van der Waals surface area contributed by atoms with E-state index in [2.05, 4.69) is 0 Å². The number of amides is 1. The molecule has 1 fully saturated rings. The van der Waals surface area contributed by atoms with Gasteiger partial charge in [0, 0.05) is 25.7 Å². The second-order valence-electron chi connectivity index (χ2n) is 5.80. The molecule has 0 bridgehead atoms. The van der Waals surface area contributed by atoms with E-state index in [-0.39, 0.29) is 10.8 Å². The van der Waals surface area contributed by atoms with Crippen molar-refractivity contribution in [2.45, 2.75) is 24.2 Å². The van der Waals surface area contributed by atoms with Crippen LogP contribution >= 0.6 is 0 Å². The van der Waals surface area contributed by atoms with E-state index in [0.29, 0.717) is 18.7 Å². The summed E-state index contributed by atoms with van der Waals surface area (Å²) in [6.07, 6.45) is 2.45. The lowest BCUT2D eigenvalue weighted by Gasteiger charge is -2.27. The Morgan fingerprint density at radius 2 is 1.62 bits per heavy atom. The van der Waals surface area contributed by atoms with Crippen molar-refractivity contribution in [3.05, 3.63) is 54.6 Å². The second-order valence-corrected chi connectivity index (χ2v) is 7.77. The fraction of sp³-hybridized carbons (Fsp3) is 0.278. The zero-order valence-electron chi connectivity index (χ0n) is 13.6. The summed E-state index contributed by atoms with van der Waals surface area (Å²) in [4.78, 5) is 13.9. The lowest BCUT2D eigenvalue weighted by molar-refractivity contribution is -0.119. The fourth-order valence-electron chi connectivity index (χ4n) is 2.81. The zero-order valence-corrected chi connectivity index (χ0v) is 14.4. The van der Waals surface area contributed by atoms with E-state index in [9.17, 15) is 13.2 Å². The van der Waals surface area contributed by atoms with Crippen LogP contribution < -0.4 is 9.21 Å². The number of hydrogen-bond donors (Lipinski definition) is 0. The molecule has 1 amide bonds. The van der Waals surface area contributed by atoms with Gasteiger partial charge in [0.05, 0.1) is 10.6 Å². The van der Waals surface area contributed by atoms with Gasteiger partial charge < -0.3 is 4.90 Å². The Morgan fingerprint density at radius 1 is 0.958 bits per heavy atom. The standard InChI is InChI=1S/C18H20N2O3S/c1-19(15-7-3-2-4-8-15)24(22,23)17-12-10-16(11-13-17)20-14-6-5-9-18(20)21/h2-4,7-8,10-13H,5-6,9,14H2,1H3. The van der Waals surface area contributed by atoms with Crippen molar-refractivity contribution >= 4 is 27.3 Å². The minimum atomic E-state index is -3.62. The quantitative estimate of drug-likeness (QED) is 0.857. The monoisotopic (exact) mass is 344 g/mol. The van der Waals surface area contributed by atoms with Crippen LogP contribution in [0, 0.1) is 0 Å². The Kier molecular flexibility index (Phi) is 4.57. The Balaban J connectivity index is 1.85. The molecule has 3 rings (SSSR count). The summed E-state index contributed by atoms with van der Waals surface area (Å²) in [5.74, 6) is 0.0956. The van der Waals surface area contributed by atoms with Gasteiger partial charge >= 0.3 is 0 Å². The van der Waals surface area contributed by atoms with Gasteiger partial charge in [0.15, 0.2) is 0 Å². The van der Waals surface area contributed by atoms with Gasteiger partial charge in [-0.1, -0.05) is 18.2 Å². The van der Waals surface area contributed by atoms with E-state index in [1.807, 2.05) is 6.07 Å². The minimum Gasteiger partial charge on any atom is -0.312 e. The van der Waals surface area contributed by atoms with Gasteiger partial charge in [-0.2, -0.15) is 0 Å². The molecule has 5 nitrogen and oxygen atoms in total. The third-order valence-corrected chi connectivity index (χ3v) is 6.05. The first-order chi connectivity index (χ1) is 11.5. The maximum Gasteiger partial charge on any atom is 0.264 e. The number of para-hydroxylation sites is 1. The molecule has 2 aromatic rings. The van der Waals surface area contributed by atoms with Crippen molar-refractivity contribution in [3.8, 4) is 0 Å². The lowest BCUT2D eigenvalue weighted by Crippen LogP contribution is -2.35. The topological polar surface area (TPSA) is 57.7 Å². The zero-order chi connectivity index (χ0) is 17.2. The number of benzene rings is 2. The predicted octanol–water partition coefficient (Wildman–Crippen LogP) is 3.03. The smallest absolute Gasteiger partial charge is 0.264 e. The number of nitrogens with zero attached hydrogens (tertiary/aromatic N) is 2. The molecule has 0 N–H and O–H groups in total. The number of carbonyl (C=O) groups excluding carboxylic acids is 1. The average Bonchev–Trinajstić information content (AvgIpc) is 2.62. The molecule has 0 radical (unpaired) electrons. The Bertz CT molecular complexity index is 817. The number of sulfonamides is 1. The summed E-state index contributed by atoms with van der Waals surface area (Å²) in [5, 5.41) is 0. The third kappa shape index (κ3) is 3.14. The molecule has 0 unspecified atom stereocenters. The SMILES string of the molecule is CN(c1ccccc1)S(=O)(=O)c1ccc(N2CCCCC2=O)cc1. The van der Waals surface area contributed by atoms with Crippen LogP contribution in [0.15, 0.2) is 59.5 Å². The molecule has 1 heterocycles. The Labute approximate surface area is 142 Å². The molecule has 0 aliphatic carbocycles. The van der Waals surface area contributed by atoms with Gasteiger partial charge in [-0.15, -0.1) is 0 Å². The number of rotatable bonds is 4. The molecule has 0 spiro atoms. The van der Waals surface area contributed by atoms with Crippen molar-refractivity contribution < 1.29 is 13.2 Å². The highest BCUT2D eigenvalue weighted by Crippen LogP contribution is 2.25. The van der Waals surface area contributed by atoms with Gasteiger partial charge in [-0.25, -0.2) is 8.42 Å². The fourth-order valence-corrected chi connectivity index (χ4v) is 4.01. The molecule has 0 saturated carbocycles. The molecule has 0 atom stereocenters. The Morgan fingerprint density at radius 3 is 2.25 bits per heavy atom. The van der Waals surface area contributed by atoms with Crippen LogP contribution in [-0.2, 0) is 14.8 Å². The molecule has 1 aliphatic heterocycles. The van der Waals surface area contributed by atoms with Gasteiger partial charge in [0.1, 0.15) is 0 Å². The van der Waals surface area contributed by atoms with E-state index in [1.165, 1.54) is 11.4 Å². The molecule has 1 aliphatic rings. The van der Waals surface area contributed by atoms with Gasteiger partial charge in [0.25, 0.3) is 10.0 Å². The van der Waals surface area contributed by atoms with Crippen LogP contribution in [0.1, 0.15) is 19.3 Å². The highest BCUT2D eigenvalue weighted by Gasteiger charge is 2.23. The van der Waals surface area contributed by atoms with Crippen molar-refractivity contribution in [1.82, 2.24) is 0 Å². The minimum absolute atomic E-state index is 0.0956. The van der Waals surface area contributed by atoms with Crippen LogP contribution in [0.2, 0.25) is 0 Å². The molecule has 1 saturated heterocycles. The maximum atomic E-state index is 12.7. The maximum absolute atomic E-state index is 12.7. The first-order valence-corrected chi connectivity index (χ1v) is 9.38. The number of hydrogen-bond acceptors (Lipinski definition) is 3. The molecule has 6 heteroatoms. The first-order valence-electron chi connectivity index (χ1n) is 7.94. The first kappa shape index (κ1) is 16.5. The molecular formula is C18H20N2O3S. The molecule has 24 heavy (non-hydrogen) atoms.